The highest BCUT2D eigenvalue weighted by molar-refractivity contribution is 7.87. The van der Waals surface area contributed by atoms with E-state index in [-0.39, 0.29) is 16.7 Å². The SMILES string of the molecule is CCCCNC(=O)N(CCOC)Cc1ccc(OS(=O)(=O)c2ccc(F)cc2)cc1. The van der Waals surface area contributed by atoms with Gasteiger partial charge in [0, 0.05) is 26.7 Å². The Hall–Kier alpha value is -2.65. The van der Waals surface area contributed by atoms with Crippen molar-refractivity contribution >= 4 is 16.1 Å². The first-order valence-electron chi connectivity index (χ1n) is 9.66. The van der Waals surface area contributed by atoms with E-state index in [1.165, 1.54) is 12.1 Å². The largest absolute Gasteiger partial charge is 0.383 e. The molecule has 2 aromatic rings. The Bertz CT molecular complexity index is 902. The molecule has 2 aromatic carbocycles. The van der Waals surface area contributed by atoms with Gasteiger partial charge in [0.05, 0.1) is 6.61 Å². The number of urea groups is 1. The summed E-state index contributed by atoms with van der Waals surface area (Å²) in [7, 11) is -2.49. The molecule has 0 unspecified atom stereocenters. The van der Waals surface area contributed by atoms with E-state index in [0.29, 0.717) is 26.2 Å². The zero-order valence-electron chi connectivity index (χ0n) is 17.1. The minimum Gasteiger partial charge on any atom is -0.383 e. The van der Waals surface area contributed by atoms with Gasteiger partial charge in [-0.2, -0.15) is 8.42 Å². The molecule has 0 aliphatic heterocycles. The van der Waals surface area contributed by atoms with Crippen LogP contribution in [0.25, 0.3) is 0 Å². The van der Waals surface area contributed by atoms with Crippen LogP contribution >= 0.6 is 0 Å². The zero-order valence-corrected chi connectivity index (χ0v) is 18.0. The molecule has 0 aliphatic rings. The molecule has 0 aliphatic carbocycles. The molecule has 0 fully saturated rings. The fraction of sp³-hybridized carbons (Fsp3) is 0.381. The Morgan fingerprint density at radius 2 is 1.77 bits per heavy atom. The molecule has 0 spiro atoms. The van der Waals surface area contributed by atoms with Gasteiger partial charge >= 0.3 is 16.1 Å². The Labute approximate surface area is 176 Å². The molecule has 0 atom stereocenters. The quantitative estimate of drug-likeness (QED) is 0.428. The van der Waals surface area contributed by atoms with Gasteiger partial charge in [0.1, 0.15) is 16.5 Å². The smallest absolute Gasteiger partial charge is 0.339 e. The van der Waals surface area contributed by atoms with Gasteiger partial charge in [-0.1, -0.05) is 25.5 Å². The number of carbonyl (C=O) groups excluding carboxylic acids is 1. The van der Waals surface area contributed by atoms with Gasteiger partial charge in [0.2, 0.25) is 0 Å². The molecule has 30 heavy (non-hydrogen) atoms. The average molecular weight is 439 g/mol. The number of benzene rings is 2. The number of methoxy groups -OCH3 is 1. The summed E-state index contributed by atoms with van der Waals surface area (Å²) in [5, 5.41) is 2.88. The summed E-state index contributed by atoms with van der Waals surface area (Å²) >= 11 is 0. The number of carbonyl (C=O) groups is 1. The molecule has 0 aromatic heterocycles. The second kappa shape index (κ2) is 11.5. The molecule has 0 radical (unpaired) electrons. The predicted molar refractivity (Wildman–Crippen MR) is 111 cm³/mol. The monoisotopic (exact) mass is 438 g/mol. The highest BCUT2D eigenvalue weighted by Gasteiger charge is 2.17. The number of amides is 2. The molecule has 9 heteroatoms. The Morgan fingerprint density at radius 1 is 1.10 bits per heavy atom. The number of rotatable bonds is 11. The van der Waals surface area contributed by atoms with Crippen LogP contribution in [0.2, 0.25) is 0 Å². The van der Waals surface area contributed by atoms with Crippen LogP contribution < -0.4 is 9.50 Å². The number of hydrogen-bond donors (Lipinski definition) is 1. The first-order chi connectivity index (χ1) is 14.4. The van der Waals surface area contributed by atoms with Crippen LogP contribution in [0.3, 0.4) is 0 Å². The molecule has 0 heterocycles. The highest BCUT2D eigenvalue weighted by Crippen LogP contribution is 2.20. The number of unbranched alkanes of at least 4 members (excludes halogenated alkanes) is 1. The van der Waals surface area contributed by atoms with Crippen LogP contribution in [0.5, 0.6) is 5.75 Å². The third-order valence-electron chi connectivity index (χ3n) is 4.26. The van der Waals surface area contributed by atoms with Crippen LogP contribution in [0.4, 0.5) is 9.18 Å². The van der Waals surface area contributed by atoms with Crippen molar-refractivity contribution in [2.24, 2.45) is 0 Å². The van der Waals surface area contributed by atoms with Gasteiger partial charge in [0.15, 0.2) is 0 Å². The molecule has 1 N–H and O–H groups in total. The molecular formula is C21H27FN2O5S. The van der Waals surface area contributed by atoms with Crippen LogP contribution in [0, 0.1) is 5.82 Å². The topological polar surface area (TPSA) is 84.9 Å². The fourth-order valence-electron chi connectivity index (χ4n) is 2.58. The molecule has 164 valence electrons. The lowest BCUT2D eigenvalue weighted by Crippen LogP contribution is -2.41. The number of nitrogens with zero attached hydrogens (tertiary/aromatic N) is 1. The van der Waals surface area contributed by atoms with Gasteiger partial charge in [-0.05, 0) is 48.4 Å². The summed E-state index contributed by atoms with van der Waals surface area (Å²) < 4.78 is 47.8. The van der Waals surface area contributed by atoms with Gasteiger partial charge in [-0.25, -0.2) is 9.18 Å². The van der Waals surface area contributed by atoms with E-state index < -0.39 is 15.9 Å². The maximum absolute atomic E-state index is 13.0. The van der Waals surface area contributed by atoms with Gasteiger partial charge in [-0.3, -0.25) is 0 Å². The van der Waals surface area contributed by atoms with Gasteiger partial charge in [-0.15, -0.1) is 0 Å². The highest BCUT2D eigenvalue weighted by atomic mass is 32.2. The van der Waals surface area contributed by atoms with Crippen molar-refractivity contribution in [3.8, 4) is 5.75 Å². The first kappa shape index (κ1) is 23.6. The normalized spacial score (nSPS) is 11.2. The first-order valence-corrected chi connectivity index (χ1v) is 11.1. The second-order valence-corrected chi connectivity index (χ2v) is 8.18. The van der Waals surface area contributed by atoms with Crippen molar-refractivity contribution in [1.29, 1.82) is 0 Å². The summed E-state index contributed by atoms with van der Waals surface area (Å²) in [5.41, 5.74) is 0.809. The summed E-state index contributed by atoms with van der Waals surface area (Å²) in [6.45, 7) is 3.82. The lowest BCUT2D eigenvalue weighted by atomic mass is 10.2. The molecule has 0 bridgehead atoms. The summed E-state index contributed by atoms with van der Waals surface area (Å²) in [6.07, 6.45) is 1.89. The Balaban J connectivity index is 2.03. The fourth-order valence-corrected chi connectivity index (χ4v) is 3.51. The Kier molecular flexibility index (Phi) is 9.07. The molecule has 2 amide bonds. The van der Waals surface area contributed by atoms with Crippen molar-refractivity contribution in [1.82, 2.24) is 10.2 Å². The van der Waals surface area contributed by atoms with E-state index >= 15 is 0 Å². The average Bonchev–Trinajstić information content (AvgIpc) is 2.72. The minimum atomic E-state index is -4.06. The van der Waals surface area contributed by atoms with Crippen LogP contribution in [0.15, 0.2) is 53.4 Å². The van der Waals surface area contributed by atoms with E-state index in [1.807, 2.05) is 0 Å². The summed E-state index contributed by atoms with van der Waals surface area (Å²) in [4.78, 5) is 13.9. The van der Waals surface area contributed by atoms with Crippen LogP contribution in [-0.2, 0) is 21.4 Å². The van der Waals surface area contributed by atoms with E-state index in [0.717, 1.165) is 42.7 Å². The number of hydrogen-bond acceptors (Lipinski definition) is 5. The maximum atomic E-state index is 13.0. The number of nitrogens with one attached hydrogen (secondary N) is 1. The van der Waals surface area contributed by atoms with Crippen molar-refractivity contribution < 1.29 is 26.5 Å². The second-order valence-electron chi connectivity index (χ2n) is 6.64. The van der Waals surface area contributed by atoms with Crippen molar-refractivity contribution in [2.75, 3.05) is 26.8 Å². The van der Waals surface area contributed by atoms with Gasteiger partial charge < -0.3 is 19.1 Å². The molecule has 2 rings (SSSR count). The lowest BCUT2D eigenvalue weighted by Gasteiger charge is -2.23. The third-order valence-corrected chi connectivity index (χ3v) is 5.53. The standard InChI is InChI=1S/C21H27FN2O5S/c1-3-4-13-23-21(25)24(14-15-28-2)16-17-5-9-19(10-6-17)29-30(26,27)20-11-7-18(22)8-12-20/h5-12H,3-4,13-16H2,1-2H3,(H,23,25). The van der Waals surface area contributed by atoms with Crippen molar-refractivity contribution in [3.63, 3.8) is 0 Å². The molecule has 7 nitrogen and oxygen atoms in total. The van der Waals surface area contributed by atoms with Crippen LogP contribution in [-0.4, -0.2) is 46.2 Å². The molecule has 0 saturated carbocycles. The molecule has 0 saturated heterocycles. The van der Waals surface area contributed by atoms with Crippen LogP contribution in [0.1, 0.15) is 25.3 Å². The van der Waals surface area contributed by atoms with Gasteiger partial charge in [0.25, 0.3) is 0 Å². The lowest BCUT2D eigenvalue weighted by molar-refractivity contribution is 0.146. The van der Waals surface area contributed by atoms with E-state index in [1.54, 1.807) is 24.1 Å². The van der Waals surface area contributed by atoms with Crippen molar-refractivity contribution in [2.45, 2.75) is 31.2 Å². The maximum Gasteiger partial charge on any atom is 0.339 e. The number of halogens is 1. The van der Waals surface area contributed by atoms with Crippen molar-refractivity contribution in [3.05, 3.63) is 59.9 Å². The minimum absolute atomic E-state index is 0.124. The third kappa shape index (κ3) is 7.31. The Morgan fingerprint density at radius 3 is 2.37 bits per heavy atom. The number of ether oxygens (including phenoxy) is 1. The summed E-state index contributed by atoms with van der Waals surface area (Å²) in [6, 6.07) is 10.6. The zero-order chi connectivity index (χ0) is 22.0. The summed E-state index contributed by atoms with van der Waals surface area (Å²) in [5.74, 6) is -0.408. The van der Waals surface area contributed by atoms with E-state index in [4.69, 9.17) is 8.92 Å². The van der Waals surface area contributed by atoms with E-state index in [9.17, 15) is 17.6 Å². The molecular weight excluding hydrogens is 411 g/mol. The predicted octanol–water partition coefficient (Wildman–Crippen LogP) is 3.55. The van der Waals surface area contributed by atoms with E-state index in [2.05, 4.69) is 12.2 Å².